The summed E-state index contributed by atoms with van der Waals surface area (Å²) in [5, 5.41) is 0.0947. The maximum absolute atomic E-state index is 14.1. The number of aromatic amines is 2. The van der Waals surface area contributed by atoms with Crippen molar-refractivity contribution in [1.82, 2.24) is 14.9 Å². The van der Waals surface area contributed by atoms with E-state index in [9.17, 15) is 31.5 Å². The van der Waals surface area contributed by atoms with E-state index >= 15 is 0 Å². The van der Waals surface area contributed by atoms with Crippen LogP contribution in [0.15, 0.2) is 41.2 Å². The van der Waals surface area contributed by atoms with Crippen molar-refractivity contribution in [3.05, 3.63) is 75.3 Å². The molecule has 35 heavy (non-hydrogen) atoms. The predicted octanol–water partition coefficient (Wildman–Crippen LogP) is 4.53. The molecule has 0 saturated heterocycles. The van der Waals surface area contributed by atoms with Gasteiger partial charge in [0, 0.05) is 29.2 Å². The normalized spacial score (nSPS) is 15.9. The van der Waals surface area contributed by atoms with Crippen LogP contribution in [0.3, 0.4) is 0 Å². The topological polar surface area (TPSA) is 87.4 Å². The van der Waals surface area contributed by atoms with Crippen LogP contribution >= 0.6 is 0 Å². The van der Waals surface area contributed by atoms with Gasteiger partial charge in [-0.25, -0.2) is 8.78 Å². The Kier molecular flexibility index (Phi) is 5.28. The largest absolute Gasteiger partial charge is 0.573 e. The first-order valence-corrected chi connectivity index (χ1v) is 10.3. The van der Waals surface area contributed by atoms with Crippen molar-refractivity contribution < 1.29 is 36.2 Å². The molecule has 2 N–H and O–H groups in total. The lowest BCUT2D eigenvalue weighted by atomic mass is 9.95. The van der Waals surface area contributed by atoms with Gasteiger partial charge >= 0.3 is 6.36 Å². The monoisotopic (exact) mass is 493 g/mol. The summed E-state index contributed by atoms with van der Waals surface area (Å²) < 4.78 is 75.7. The highest BCUT2D eigenvalue weighted by atomic mass is 19.4. The third-order valence-electron chi connectivity index (χ3n) is 5.91. The highest BCUT2D eigenvalue weighted by Crippen LogP contribution is 2.35. The minimum absolute atomic E-state index is 0.0113. The molecule has 0 unspecified atom stereocenters. The van der Waals surface area contributed by atoms with E-state index in [0.717, 1.165) is 18.2 Å². The van der Waals surface area contributed by atoms with Gasteiger partial charge in [0.2, 0.25) is 0 Å². The van der Waals surface area contributed by atoms with Crippen molar-refractivity contribution in [2.24, 2.45) is 0 Å². The molecule has 1 aliphatic rings. The van der Waals surface area contributed by atoms with Gasteiger partial charge in [0.05, 0.1) is 24.6 Å². The molecule has 1 aliphatic heterocycles. The van der Waals surface area contributed by atoms with E-state index in [1.165, 1.54) is 30.1 Å². The van der Waals surface area contributed by atoms with Crippen molar-refractivity contribution in [2.75, 3.05) is 13.7 Å². The zero-order chi connectivity index (χ0) is 25.1. The van der Waals surface area contributed by atoms with Crippen LogP contribution in [-0.2, 0) is 11.3 Å². The van der Waals surface area contributed by atoms with E-state index in [0.29, 0.717) is 11.3 Å². The SMILES string of the molecule is CN(C(=O)c1cc2c(OC(F)(F)F)cccc2[nH]1)[C@H]1COCc2[nH]c(=O)c3cc(F)c(F)cc3c21. The number of pyridine rings is 1. The number of halogens is 5. The van der Waals surface area contributed by atoms with Crippen molar-refractivity contribution in [2.45, 2.75) is 19.0 Å². The lowest BCUT2D eigenvalue weighted by molar-refractivity contribution is -0.274. The lowest BCUT2D eigenvalue weighted by Crippen LogP contribution is -2.37. The number of nitrogens with one attached hydrogen (secondary N) is 2. The van der Waals surface area contributed by atoms with E-state index in [-0.39, 0.29) is 40.6 Å². The second-order valence-electron chi connectivity index (χ2n) is 8.05. The Morgan fingerprint density at radius 1 is 1.09 bits per heavy atom. The number of carbonyl (C=O) groups is 1. The number of alkyl halides is 3. The Labute approximate surface area is 193 Å². The molecule has 4 aromatic rings. The first kappa shape index (κ1) is 22.8. The number of H-pyrrole nitrogens is 2. The number of aromatic nitrogens is 2. The Hall–Kier alpha value is -3.93. The van der Waals surface area contributed by atoms with E-state index in [1.54, 1.807) is 0 Å². The van der Waals surface area contributed by atoms with Crippen molar-refractivity contribution in [1.29, 1.82) is 0 Å². The number of ether oxygens (including phenoxy) is 2. The molecule has 5 rings (SSSR count). The summed E-state index contributed by atoms with van der Waals surface area (Å²) in [5.74, 6) is -3.42. The molecule has 7 nitrogen and oxygen atoms in total. The molecule has 0 radical (unpaired) electrons. The molecule has 0 saturated carbocycles. The molecule has 2 aromatic carbocycles. The molecule has 0 fully saturated rings. The van der Waals surface area contributed by atoms with Gasteiger partial charge in [-0.15, -0.1) is 13.2 Å². The predicted molar refractivity (Wildman–Crippen MR) is 114 cm³/mol. The molecular weight excluding hydrogens is 477 g/mol. The molecule has 2 aromatic heterocycles. The smallest absolute Gasteiger partial charge is 0.405 e. The number of amides is 1. The zero-order valence-corrected chi connectivity index (χ0v) is 17.9. The number of hydrogen-bond acceptors (Lipinski definition) is 4. The van der Waals surface area contributed by atoms with Crippen molar-refractivity contribution >= 4 is 27.6 Å². The van der Waals surface area contributed by atoms with Gasteiger partial charge in [0.1, 0.15) is 11.4 Å². The first-order valence-electron chi connectivity index (χ1n) is 10.3. The number of nitrogens with zero attached hydrogens (tertiary/aromatic N) is 1. The van der Waals surface area contributed by atoms with Crippen LogP contribution in [-0.4, -0.2) is 40.8 Å². The molecule has 0 bridgehead atoms. The average Bonchev–Trinajstić information content (AvgIpc) is 3.23. The van der Waals surface area contributed by atoms with Gasteiger partial charge in [-0.05, 0) is 35.7 Å². The second-order valence-corrected chi connectivity index (χ2v) is 8.05. The summed E-state index contributed by atoms with van der Waals surface area (Å²) >= 11 is 0. The fourth-order valence-electron chi connectivity index (χ4n) is 4.34. The maximum Gasteiger partial charge on any atom is 0.573 e. The highest BCUT2D eigenvalue weighted by molar-refractivity contribution is 6.00. The summed E-state index contributed by atoms with van der Waals surface area (Å²) in [6, 6.07) is 6.08. The summed E-state index contributed by atoms with van der Waals surface area (Å²) in [5.41, 5.74) is 0.276. The lowest BCUT2D eigenvalue weighted by Gasteiger charge is -2.33. The van der Waals surface area contributed by atoms with Crippen LogP contribution in [0.1, 0.15) is 27.8 Å². The quantitative estimate of drug-likeness (QED) is 0.411. The Bertz CT molecular complexity index is 1540. The first-order chi connectivity index (χ1) is 16.5. The Morgan fingerprint density at radius 2 is 1.80 bits per heavy atom. The Balaban J connectivity index is 1.57. The van der Waals surface area contributed by atoms with E-state index in [4.69, 9.17) is 4.74 Å². The second kappa shape index (κ2) is 8.08. The number of hydrogen-bond donors (Lipinski definition) is 2. The molecule has 3 heterocycles. The number of fused-ring (bicyclic) bond motifs is 4. The van der Waals surface area contributed by atoms with Gasteiger partial charge in [-0.1, -0.05) is 6.07 Å². The number of carbonyl (C=O) groups excluding carboxylic acids is 1. The van der Waals surface area contributed by atoms with Crippen LogP contribution in [0.5, 0.6) is 5.75 Å². The standard InChI is InChI=1S/C23H16F5N3O4/c1-31(22(33)16-7-12-15(29-16)3-2-4-19(12)35-23(26,27)28)18-9-34-8-17-20(18)10-5-13(24)14(25)6-11(10)21(32)30-17/h2-7,18,29H,8-9H2,1H3,(H,30,32)/t18-/m0/s1. The van der Waals surface area contributed by atoms with Crippen molar-refractivity contribution in [3.8, 4) is 5.75 Å². The number of rotatable bonds is 3. The summed E-state index contributed by atoms with van der Waals surface area (Å²) in [4.78, 5) is 32.3. The van der Waals surface area contributed by atoms with Gasteiger partial charge in [-0.2, -0.15) is 0 Å². The van der Waals surface area contributed by atoms with E-state index in [2.05, 4.69) is 14.7 Å². The Morgan fingerprint density at radius 3 is 2.51 bits per heavy atom. The average molecular weight is 493 g/mol. The third kappa shape index (κ3) is 3.99. The van der Waals surface area contributed by atoms with Crippen LogP contribution in [0.25, 0.3) is 21.7 Å². The minimum atomic E-state index is -4.91. The molecular formula is C23H16F5N3O4. The van der Waals surface area contributed by atoms with Gasteiger partial charge in [0.25, 0.3) is 11.5 Å². The number of benzene rings is 2. The van der Waals surface area contributed by atoms with Crippen LogP contribution in [0.2, 0.25) is 0 Å². The number of likely N-dealkylation sites (N-methyl/N-ethyl adjacent to an activating group) is 1. The van der Waals surface area contributed by atoms with Crippen LogP contribution in [0, 0.1) is 11.6 Å². The van der Waals surface area contributed by atoms with Gasteiger partial charge in [0.15, 0.2) is 11.6 Å². The van der Waals surface area contributed by atoms with E-state index in [1.807, 2.05) is 0 Å². The maximum atomic E-state index is 14.1. The van der Waals surface area contributed by atoms with Crippen molar-refractivity contribution in [3.63, 3.8) is 0 Å². The molecule has 12 heteroatoms. The third-order valence-corrected chi connectivity index (χ3v) is 5.91. The summed E-state index contributed by atoms with van der Waals surface area (Å²) in [6.45, 7) is -0.0272. The van der Waals surface area contributed by atoms with Crippen LogP contribution in [0.4, 0.5) is 22.0 Å². The summed E-state index contributed by atoms with van der Waals surface area (Å²) in [7, 11) is 1.43. The fourth-order valence-corrected chi connectivity index (χ4v) is 4.34. The fraction of sp³-hybridized carbons (Fsp3) is 0.217. The zero-order valence-electron chi connectivity index (χ0n) is 17.9. The van der Waals surface area contributed by atoms with Gasteiger partial charge in [-0.3, -0.25) is 9.59 Å². The molecule has 182 valence electrons. The minimum Gasteiger partial charge on any atom is -0.405 e. The van der Waals surface area contributed by atoms with Crippen LogP contribution < -0.4 is 10.3 Å². The molecule has 1 amide bonds. The summed E-state index contributed by atoms with van der Waals surface area (Å²) in [6.07, 6.45) is -4.91. The van der Waals surface area contributed by atoms with Gasteiger partial charge < -0.3 is 24.3 Å². The molecule has 1 atom stereocenters. The van der Waals surface area contributed by atoms with E-state index < -0.39 is 41.3 Å². The molecule has 0 aliphatic carbocycles. The highest BCUT2D eigenvalue weighted by Gasteiger charge is 2.34. The molecule has 0 spiro atoms.